The normalized spacial score (nSPS) is 16.9. The maximum absolute atomic E-state index is 12.8. The second-order valence-electron chi connectivity index (χ2n) is 7.34. The van der Waals surface area contributed by atoms with Crippen LogP contribution in [0.2, 0.25) is 0 Å². The monoisotopic (exact) mass is 420 g/mol. The van der Waals surface area contributed by atoms with E-state index in [0.717, 1.165) is 55.2 Å². The minimum atomic E-state index is -3.34. The summed E-state index contributed by atoms with van der Waals surface area (Å²) in [5.41, 5.74) is 2.96. The molecule has 0 saturated carbocycles. The molecule has 7 nitrogen and oxygen atoms in total. The maximum Gasteiger partial charge on any atom is 0.267 e. The number of carbonyl (C=O) groups is 1. The van der Waals surface area contributed by atoms with E-state index in [-0.39, 0.29) is 5.91 Å². The van der Waals surface area contributed by atoms with Crippen molar-refractivity contribution in [2.45, 2.75) is 32.6 Å². The van der Waals surface area contributed by atoms with Gasteiger partial charge in [0.1, 0.15) is 4.88 Å². The van der Waals surface area contributed by atoms with Crippen LogP contribution in [0.3, 0.4) is 0 Å². The van der Waals surface area contributed by atoms with E-state index in [9.17, 15) is 13.2 Å². The molecule has 9 heteroatoms. The number of amides is 1. The Hall–Kier alpha value is -2.13. The van der Waals surface area contributed by atoms with E-state index >= 15 is 0 Å². The standard InChI is InChI=1S/C19H24N4O3S2/c1-13-17(27-19(20-13)22-9-3-4-10-22)18(24)21-15-8-7-14-6-5-11-23(16(14)12-15)28(2,25)26/h7-8,12H,3-6,9-11H2,1-2H3,(H,21,24). The Morgan fingerprint density at radius 1 is 1.18 bits per heavy atom. The molecule has 1 fully saturated rings. The first kappa shape index (κ1) is 19.2. The van der Waals surface area contributed by atoms with E-state index in [2.05, 4.69) is 15.2 Å². The summed E-state index contributed by atoms with van der Waals surface area (Å²) in [7, 11) is -3.34. The summed E-state index contributed by atoms with van der Waals surface area (Å²) in [6.07, 6.45) is 5.17. The lowest BCUT2D eigenvalue weighted by Crippen LogP contribution is -2.34. The number of aryl methyl sites for hydroxylation is 2. The highest BCUT2D eigenvalue weighted by Crippen LogP contribution is 2.33. The van der Waals surface area contributed by atoms with Crippen LogP contribution in [0.5, 0.6) is 0 Å². The molecule has 0 radical (unpaired) electrons. The van der Waals surface area contributed by atoms with Gasteiger partial charge in [-0.05, 0) is 50.3 Å². The molecule has 4 rings (SSSR count). The van der Waals surface area contributed by atoms with Gasteiger partial charge in [0.2, 0.25) is 10.0 Å². The number of anilines is 3. The Labute approximate surface area is 169 Å². The van der Waals surface area contributed by atoms with E-state index in [4.69, 9.17) is 0 Å². The predicted molar refractivity (Wildman–Crippen MR) is 113 cm³/mol. The molecule has 1 amide bonds. The van der Waals surface area contributed by atoms with Gasteiger partial charge in [0.05, 0.1) is 17.6 Å². The molecule has 28 heavy (non-hydrogen) atoms. The third kappa shape index (κ3) is 3.73. The smallest absolute Gasteiger partial charge is 0.267 e. The molecule has 1 N–H and O–H groups in total. The van der Waals surface area contributed by atoms with E-state index in [1.165, 1.54) is 21.9 Å². The SMILES string of the molecule is Cc1nc(N2CCCC2)sc1C(=O)Nc1ccc2c(c1)N(S(C)(=O)=O)CCC2. The second-order valence-corrected chi connectivity index (χ2v) is 10.2. The van der Waals surface area contributed by atoms with Gasteiger partial charge in [0.25, 0.3) is 5.91 Å². The van der Waals surface area contributed by atoms with Crippen LogP contribution in [0.25, 0.3) is 0 Å². The number of fused-ring (bicyclic) bond motifs is 1. The fourth-order valence-corrected chi connectivity index (χ4v) is 5.79. The first-order chi connectivity index (χ1) is 13.3. The number of benzene rings is 1. The highest BCUT2D eigenvalue weighted by Gasteiger charge is 2.25. The zero-order valence-corrected chi connectivity index (χ0v) is 17.7. The van der Waals surface area contributed by atoms with Crippen molar-refractivity contribution in [1.29, 1.82) is 0 Å². The Bertz CT molecular complexity index is 1010. The minimum absolute atomic E-state index is 0.206. The van der Waals surface area contributed by atoms with Gasteiger partial charge in [-0.25, -0.2) is 13.4 Å². The summed E-state index contributed by atoms with van der Waals surface area (Å²) in [5, 5.41) is 3.81. The van der Waals surface area contributed by atoms with Gasteiger partial charge in [-0.3, -0.25) is 9.10 Å². The van der Waals surface area contributed by atoms with Crippen LogP contribution < -0.4 is 14.5 Å². The van der Waals surface area contributed by atoms with Crippen LogP contribution in [0.1, 0.15) is 40.2 Å². The van der Waals surface area contributed by atoms with E-state index in [1.54, 1.807) is 6.07 Å². The lowest BCUT2D eigenvalue weighted by atomic mass is 10.0. The maximum atomic E-state index is 12.8. The number of thiazole rings is 1. The van der Waals surface area contributed by atoms with Crippen LogP contribution in [-0.2, 0) is 16.4 Å². The lowest BCUT2D eigenvalue weighted by Gasteiger charge is -2.29. The van der Waals surface area contributed by atoms with E-state index < -0.39 is 10.0 Å². The molecule has 0 atom stereocenters. The van der Waals surface area contributed by atoms with Gasteiger partial charge >= 0.3 is 0 Å². The fourth-order valence-electron chi connectivity index (χ4n) is 3.79. The average molecular weight is 421 g/mol. The van der Waals surface area contributed by atoms with Crippen molar-refractivity contribution < 1.29 is 13.2 Å². The number of nitrogens with one attached hydrogen (secondary N) is 1. The number of aromatic nitrogens is 1. The van der Waals surface area contributed by atoms with Gasteiger partial charge in [-0.1, -0.05) is 17.4 Å². The van der Waals surface area contributed by atoms with Crippen molar-refractivity contribution in [2.24, 2.45) is 0 Å². The van der Waals surface area contributed by atoms with Gasteiger partial charge in [0.15, 0.2) is 5.13 Å². The van der Waals surface area contributed by atoms with Crippen molar-refractivity contribution in [3.63, 3.8) is 0 Å². The molecule has 1 aromatic carbocycles. The Balaban J connectivity index is 1.57. The molecule has 1 saturated heterocycles. The fraction of sp³-hybridized carbons (Fsp3) is 0.474. The minimum Gasteiger partial charge on any atom is -0.348 e. The molecule has 0 aliphatic carbocycles. The molecule has 0 unspecified atom stereocenters. The van der Waals surface area contributed by atoms with Gasteiger partial charge in [-0.2, -0.15) is 0 Å². The quantitative estimate of drug-likeness (QED) is 0.822. The Kier molecular flexibility index (Phi) is 5.05. The third-order valence-electron chi connectivity index (χ3n) is 5.19. The summed E-state index contributed by atoms with van der Waals surface area (Å²) in [6, 6.07) is 5.49. The molecule has 0 bridgehead atoms. The van der Waals surface area contributed by atoms with Gasteiger partial charge in [-0.15, -0.1) is 0 Å². The molecule has 150 valence electrons. The van der Waals surface area contributed by atoms with Crippen molar-refractivity contribution in [3.8, 4) is 0 Å². The summed E-state index contributed by atoms with van der Waals surface area (Å²) < 4.78 is 25.6. The largest absolute Gasteiger partial charge is 0.348 e. The number of rotatable bonds is 4. The van der Waals surface area contributed by atoms with Crippen LogP contribution in [0.15, 0.2) is 18.2 Å². The Morgan fingerprint density at radius 2 is 1.93 bits per heavy atom. The Morgan fingerprint density at radius 3 is 2.64 bits per heavy atom. The molecule has 1 aromatic heterocycles. The van der Waals surface area contributed by atoms with Crippen molar-refractivity contribution in [3.05, 3.63) is 34.3 Å². The molecule has 2 aromatic rings. The summed E-state index contributed by atoms with van der Waals surface area (Å²) in [5.74, 6) is -0.206. The third-order valence-corrected chi connectivity index (χ3v) is 7.58. The highest BCUT2D eigenvalue weighted by molar-refractivity contribution is 7.92. The lowest BCUT2D eigenvalue weighted by molar-refractivity contribution is 0.103. The van der Waals surface area contributed by atoms with Gasteiger partial charge in [0, 0.05) is 25.3 Å². The zero-order chi connectivity index (χ0) is 19.9. The molecule has 3 heterocycles. The number of hydrogen-bond donors (Lipinski definition) is 1. The number of hydrogen-bond acceptors (Lipinski definition) is 6. The average Bonchev–Trinajstić information content (AvgIpc) is 3.29. The zero-order valence-electron chi connectivity index (χ0n) is 16.1. The second kappa shape index (κ2) is 7.36. The van der Waals surface area contributed by atoms with Crippen molar-refractivity contribution in [1.82, 2.24) is 4.98 Å². The predicted octanol–water partition coefficient (Wildman–Crippen LogP) is 3.02. The molecule has 2 aliphatic rings. The van der Waals surface area contributed by atoms with Gasteiger partial charge < -0.3 is 10.2 Å². The van der Waals surface area contributed by atoms with Crippen LogP contribution in [0.4, 0.5) is 16.5 Å². The summed E-state index contributed by atoms with van der Waals surface area (Å²) in [6.45, 7) is 4.29. The van der Waals surface area contributed by atoms with Crippen molar-refractivity contribution >= 4 is 43.8 Å². The summed E-state index contributed by atoms with van der Waals surface area (Å²) >= 11 is 1.41. The molecule has 0 spiro atoms. The molecular formula is C19H24N4O3S2. The van der Waals surface area contributed by atoms with Crippen LogP contribution in [-0.4, -0.2) is 45.2 Å². The highest BCUT2D eigenvalue weighted by atomic mass is 32.2. The van der Waals surface area contributed by atoms with Crippen molar-refractivity contribution in [2.75, 3.05) is 40.4 Å². The molecular weight excluding hydrogens is 396 g/mol. The number of nitrogens with zero attached hydrogens (tertiary/aromatic N) is 3. The first-order valence-corrected chi connectivity index (χ1v) is 12.1. The number of sulfonamides is 1. The number of carbonyl (C=O) groups excluding carboxylic acids is 1. The van der Waals surface area contributed by atoms with E-state index in [0.29, 0.717) is 22.8 Å². The first-order valence-electron chi connectivity index (χ1n) is 9.47. The van der Waals surface area contributed by atoms with Crippen LogP contribution in [0, 0.1) is 6.92 Å². The summed E-state index contributed by atoms with van der Waals surface area (Å²) in [4.78, 5) is 20.2. The topological polar surface area (TPSA) is 82.6 Å². The van der Waals surface area contributed by atoms with E-state index in [1.807, 2.05) is 19.1 Å². The van der Waals surface area contributed by atoms with Crippen LogP contribution >= 0.6 is 11.3 Å². The molecule has 2 aliphatic heterocycles.